The maximum Gasteiger partial charge on any atom is 0.344 e. The summed E-state index contributed by atoms with van der Waals surface area (Å²) in [5.74, 6) is -2.20. The highest BCUT2D eigenvalue weighted by molar-refractivity contribution is 6.03. The van der Waals surface area contributed by atoms with E-state index >= 15 is 0 Å². The molecule has 0 spiro atoms. The SMILES string of the molecule is CCCCCCCCCOC(=O)c1ccccc1C(=O)Oc1ccccc1F. The van der Waals surface area contributed by atoms with Crippen molar-refractivity contribution in [3.8, 4) is 5.75 Å². The van der Waals surface area contributed by atoms with E-state index in [2.05, 4.69) is 6.92 Å². The largest absolute Gasteiger partial charge is 0.462 e. The molecule has 0 heterocycles. The molecule has 0 aliphatic carbocycles. The quantitative estimate of drug-likeness (QED) is 0.272. The average molecular weight is 386 g/mol. The summed E-state index contributed by atoms with van der Waals surface area (Å²) < 4.78 is 24.1. The van der Waals surface area contributed by atoms with Crippen molar-refractivity contribution in [2.45, 2.75) is 51.9 Å². The van der Waals surface area contributed by atoms with Crippen LogP contribution in [0, 0.1) is 5.82 Å². The van der Waals surface area contributed by atoms with Crippen LogP contribution in [0.15, 0.2) is 48.5 Å². The monoisotopic (exact) mass is 386 g/mol. The number of rotatable bonds is 11. The Bertz CT molecular complexity index is 773. The molecular formula is C23H27FO4. The molecule has 0 saturated carbocycles. The van der Waals surface area contributed by atoms with E-state index in [1.165, 1.54) is 56.0 Å². The molecule has 0 aromatic heterocycles. The lowest BCUT2D eigenvalue weighted by atomic mass is 10.1. The van der Waals surface area contributed by atoms with Crippen molar-refractivity contribution in [1.29, 1.82) is 0 Å². The zero-order chi connectivity index (χ0) is 20.2. The number of esters is 2. The molecule has 0 N–H and O–H groups in total. The number of benzene rings is 2. The predicted molar refractivity (Wildman–Crippen MR) is 106 cm³/mol. The maximum atomic E-state index is 13.7. The van der Waals surface area contributed by atoms with Crippen LogP contribution in [0.5, 0.6) is 5.75 Å². The zero-order valence-electron chi connectivity index (χ0n) is 16.3. The molecule has 150 valence electrons. The number of ether oxygens (including phenoxy) is 2. The van der Waals surface area contributed by atoms with Crippen molar-refractivity contribution in [2.24, 2.45) is 0 Å². The van der Waals surface area contributed by atoms with Gasteiger partial charge in [0.15, 0.2) is 11.6 Å². The van der Waals surface area contributed by atoms with Crippen LogP contribution >= 0.6 is 0 Å². The second kappa shape index (κ2) is 11.9. The number of hydrogen-bond acceptors (Lipinski definition) is 4. The van der Waals surface area contributed by atoms with Crippen LogP contribution in [-0.2, 0) is 4.74 Å². The van der Waals surface area contributed by atoms with Crippen LogP contribution in [-0.4, -0.2) is 18.5 Å². The first-order valence-electron chi connectivity index (χ1n) is 9.86. The van der Waals surface area contributed by atoms with Crippen molar-refractivity contribution in [3.05, 3.63) is 65.5 Å². The van der Waals surface area contributed by atoms with E-state index in [0.29, 0.717) is 6.61 Å². The van der Waals surface area contributed by atoms with E-state index in [1.54, 1.807) is 18.2 Å². The van der Waals surface area contributed by atoms with Crippen LogP contribution in [0.2, 0.25) is 0 Å². The lowest BCUT2D eigenvalue weighted by Crippen LogP contribution is -2.16. The summed E-state index contributed by atoms with van der Waals surface area (Å²) in [6, 6.07) is 11.9. The summed E-state index contributed by atoms with van der Waals surface area (Å²) in [5.41, 5.74) is 0.169. The molecule has 2 rings (SSSR count). The minimum Gasteiger partial charge on any atom is -0.462 e. The third-order valence-electron chi connectivity index (χ3n) is 4.39. The van der Waals surface area contributed by atoms with Gasteiger partial charge in [0.1, 0.15) is 0 Å². The van der Waals surface area contributed by atoms with Gasteiger partial charge in [-0.05, 0) is 30.7 Å². The zero-order valence-corrected chi connectivity index (χ0v) is 16.3. The molecule has 4 nitrogen and oxygen atoms in total. The first-order valence-corrected chi connectivity index (χ1v) is 9.86. The maximum absolute atomic E-state index is 13.7. The van der Waals surface area contributed by atoms with E-state index in [0.717, 1.165) is 19.3 Å². The molecule has 28 heavy (non-hydrogen) atoms. The topological polar surface area (TPSA) is 52.6 Å². The summed E-state index contributed by atoms with van der Waals surface area (Å²) in [5, 5.41) is 0. The molecule has 5 heteroatoms. The number of carbonyl (C=O) groups excluding carboxylic acids is 2. The molecule has 0 aliphatic rings. The van der Waals surface area contributed by atoms with E-state index in [1.807, 2.05) is 0 Å². The molecule has 0 atom stereocenters. The third kappa shape index (κ3) is 6.80. The van der Waals surface area contributed by atoms with Gasteiger partial charge in [-0.25, -0.2) is 14.0 Å². The molecular weight excluding hydrogens is 359 g/mol. The number of carbonyl (C=O) groups is 2. The number of hydrogen-bond donors (Lipinski definition) is 0. The number of unbranched alkanes of at least 4 members (excludes halogenated alkanes) is 6. The highest BCUT2D eigenvalue weighted by atomic mass is 19.1. The standard InChI is InChI=1S/C23H27FO4/c1-2-3-4-5-6-7-12-17-27-22(25)18-13-8-9-14-19(18)23(26)28-21-16-11-10-15-20(21)24/h8-11,13-16H,2-7,12,17H2,1H3. The Balaban J connectivity index is 1.87. The summed E-state index contributed by atoms with van der Waals surface area (Å²) in [6.07, 6.45) is 7.85. The fraction of sp³-hybridized carbons (Fsp3) is 0.391. The van der Waals surface area contributed by atoms with Crippen molar-refractivity contribution < 1.29 is 23.5 Å². The van der Waals surface area contributed by atoms with Gasteiger partial charge >= 0.3 is 11.9 Å². The molecule has 0 fully saturated rings. The fourth-order valence-electron chi connectivity index (χ4n) is 2.82. The van der Waals surface area contributed by atoms with Crippen molar-refractivity contribution in [1.82, 2.24) is 0 Å². The normalized spacial score (nSPS) is 10.5. The first-order chi connectivity index (χ1) is 13.6. The summed E-state index contributed by atoms with van der Waals surface area (Å²) in [7, 11) is 0. The van der Waals surface area contributed by atoms with Crippen molar-refractivity contribution >= 4 is 11.9 Å². The fourth-order valence-corrected chi connectivity index (χ4v) is 2.82. The lowest BCUT2D eigenvalue weighted by Gasteiger charge is -2.10. The Morgan fingerprint density at radius 2 is 1.36 bits per heavy atom. The molecule has 0 bridgehead atoms. The van der Waals surface area contributed by atoms with Gasteiger partial charge in [-0.2, -0.15) is 0 Å². The Hall–Kier alpha value is -2.69. The Morgan fingerprint density at radius 1 is 0.786 bits per heavy atom. The summed E-state index contributed by atoms with van der Waals surface area (Å²) >= 11 is 0. The van der Waals surface area contributed by atoms with Gasteiger partial charge in [-0.3, -0.25) is 0 Å². The van der Waals surface area contributed by atoms with Crippen LogP contribution < -0.4 is 4.74 Å². The molecule has 0 saturated heterocycles. The second-order valence-electron chi connectivity index (χ2n) is 6.62. The average Bonchev–Trinajstić information content (AvgIpc) is 2.71. The molecule has 2 aromatic carbocycles. The Morgan fingerprint density at radius 3 is 2.04 bits per heavy atom. The van der Waals surface area contributed by atoms with Crippen molar-refractivity contribution in [3.63, 3.8) is 0 Å². The third-order valence-corrected chi connectivity index (χ3v) is 4.39. The van der Waals surface area contributed by atoms with Crippen LogP contribution in [0.4, 0.5) is 4.39 Å². The molecule has 0 aliphatic heterocycles. The molecule has 2 aromatic rings. The van der Waals surface area contributed by atoms with E-state index in [-0.39, 0.29) is 16.9 Å². The van der Waals surface area contributed by atoms with Gasteiger partial charge in [0.2, 0.25) is 0 Å². The number of halogens is 1. The van der Waals surface area contributed by atoms with Crippen LogP contribution in [0.25, 0.3) is 0 Å². The summed E-state index contributed by atoms with van der Waals surface area (Å²) in [4.78, 5) is 24.8. The van der Waals surface area contributed by atoms with Gasteiger partial charge in [0.25, 0.3) is 0 Å². The minimum absolute atomic E-state index is 0.0512. The van der Waals surface area contributed by atoms with Crippen LogP contribution in [0.1, 0.15) is 72.6 Å². The first kappa shape index (κ1) is 21.6. The van der Waals surface area contributed by atoms with Crippen LogP contribution in [0.3, 0.4) is 0 Å². The van der Waals surface area contributed by atoms with E-state index in [4.69, 9.17) is 9.47 Å². The van der Waals surface area contributed by atoms with E-state index < -0.39 is 17.8 Å². The van der Waals surface area contributed by atoms with Gasteiger partial charge in [-0.1, -0.05) is 69.7 Å². The predicted octanol–water partition coefficient (Wildman–Crippen LogP) is 5.95. The van der Waals surface area contributed by atoms with Gasteiger partial charge in [0.05, 0.1) is 17.7 Å². The highest BCUT2D eigenvalue weighted by Crippen LogP contribution is 2.19. The highest BCUT2D eigenvalue weighted by Gasteiger charge is 2.20. The van der Waals surface area contributed by atoms with Gasteiger partial charge in [-0.15, -0.1) is 0 Å². The Kier molecular flexibility index (Phi) is 9.19. The van der Waals surface area contributed by atoms with E-state index in [9.17, 15) is 14.0 Å². The number of para-hydroxylation sites is 1. The minimum atomic E-state index is -0.798. The Labute approximate surface area is 165 Å². The smallest absolute Gasteiger partial charge is 0.344 e. The van der Waals surface area contributed by atoms with Crippen molar-refractivity contribution in [2.75, 3.05) is 6.61 Å². The molecule has 0 unspecified atom stereocenters. The van der Waals surface area contributed by atoms with Gasteiger partial charge in [0, 0.05) is 0 Å². The molecule has 0 radical (unpaired) electrons. The summed E-state index contributed by atoms with van der Waals surface area (Å²) in [6.45, 7) is 2.49. The molecule has 0 amide bonds. The van der Waals surface area contributed by atoms with Gasteiger partial charge < -0.3 is 9.47 Å². The lowest BCUT2D eigenvalue weighted by molar-refractivity contribution is 0.0489. The second-order valence-corrected chi connectivity index (χ2v) is 6.62.